The van der Waals surface area contributed by atoms with Crippen molar-refractivity contribution in [2.45, 2.75) is 6.42 Å². The third kappa shape index (κ3) is 5.46. The highest BCUT2D eigenvalue weighted by molar-refractivity contribution is 7.92. The highest BCUT2D eigenvalue weighted by atomic mass is 32.2. The fourth-order valence-electron chi connectivity index (χ4n) is 2.52. The molecule has 0 aliphatic rings. The summed E-state index contributed by atoms with van der Waals surface area (Å²) in [6, 6.07) is 15.7. The molecule has 0 atom stereocenters. The van der Waals surface area contributed by atoms with E-state index >= 15 is 0 Å². The zero-order valence-electron chi connectivity index (χ0n) is 15.5. The van der Waals surface area contributed by atoms with Crippen molar-refractivity contribution in [3.8, 4) is 6.07 Å². The number of nitriles is 1. The molecule has 0 bridgehead atoms. The minimum Gasteiger partial charge on any atom is -0.378 e. The molecule has 0 saturated heterocycles. The molecule has 0 aromatic heterocycles. The fourth-order valence-corrected chi connectivity index (χ4v) is 3.46. The fraction of sp³-hybridized carbons (Fsp3) is 0.263. The first-order valence-electron chi connectivity index (χ1n) is 8.26. The van der Waals surface area contributed by atoms with E-state index in [0.29, 0.717) is 5.69 Å². The second-order valence-corrected chi connectivity index (χ2v) is 8.11. The molecule has 0 saturated carbocycles. The van der Waals surface area contributed by atoms with Crippen molar-refractivity contribution < 1.29 is 13.2 Å². The van der Waals surface area contributed by atoms with Gasteiger partial charge >= 0.3 is 0 Å². The number of nitrogens with zero attached hydrogens (tertiary/aromatic N) is 3. The van der Waals surface area contributed by atoms with Crippen molar-refractivity contribution in [3.63, 3.8) is 0 Å². The molecule has 0 unspecified atom stereocenters. The van der Waals surface area contributed by atoms with Gasteiger partial charge in [0.15, 0.2) is 0 Å². The summed E-state index contributed by atoms with van der Waals surface area (Å²) in [6.45, 7) is -0.0564. The molecule has 0 spiro atoms. The van der Waals surface area contributed by atoms with Crippen molar-refractivity contribution in [1.82, 2.24) is 0 Å². The first-order valence-corrected chi connectivity index (χ1v) is 10.1. The summed E-state index contributed by atoms with van der Waals surface area (Å²) in [4.78, 5) is 14.2. The summed E-state index contributed by atoms with van der Waals surface area (Å²) in [6.07, 6.45) is 1.02. The Balaban J connectivity index is 2.09. The number of benzene rings is 2. The maximum Gasteiger partial charge on any atom is 0.232 e. The summed E-state index contributed by atoms with van der Waals surface area (Å²) in [5.41, 5.74) is 2.14. The monoisotopic (exact) mass is 386 g/mol. The van der Waals surface area contributed by atoms with Crippen LogP contribution in [-0.4, -0.2) is 41.2 Å². The molecule has 0 aliphatic heterocycles. The maximum atomic E-state index is 12.2. The Bertz CT molecular complexity index is 948. The van der Waals surface area contributed by atoms with E-state index in [2.05, 4.69) is 5.32 Å². The molecule has 1 amide bonds. The van der Waals surface area contributed by atoms with E-state index in [9.17, 15) is 18.5 Å². The van der Waals surface area contributed by atoms with E-state index in [4.69, 9.17) is 0 Å². The number of anilines is 3. The van der Waals surface area contributed by atoms with Crippen LogP contribution in [0, 0.1) is 11.3 Å². The third-order valence-corrected chi connectivity index (χ3v) is 5.08. The normalized spacial score (nSPS) is 10.7. The number of nitrogens with one attached hydrogen (secondary N) is 1. The number of sulfonamides is 1. The highest BCUT2D eigenvalue weighted by Crippen LogP contribution is 2.22. The number of carbonyl (C=O) groups excluding carboxylic acids is 1. The van der Waals surface area contributed by atoms with Crippen LogP contribution in [0.25, 0.3) is 0 Å². The molecule has 7 nitrogen and oxygen atoms in total. The number of hydrogen-bond donors (Lipinski definition) is 1. The molecular formula is C19H22N4O3S. The lowest BCUT2D eigenvalue weighted by molar-refractivity contribution is -0.116. The van der Waals surface area contributed by atoms with Crippen LogP contribution >= 0.6 is 0 Å². The molecule has 142 valence electrons. The highest BCUT2D eigenvalue weighted by Gasteiger charge is 2.21. The van der Waals surface area contributed by atoms with Crippen LogP contribution in [0.4, 0.5) is 17.1 Å². The van der Waals surface area contributed by atoms with E-state index in [1.165, 1.54) is 0 Å². The SMILES string of the molecule is CN(C)c1ccc(NC(=O)CCN(c2ccccc2C#N)S(C)(=O)=O)cc1. The smallest absolute Gasteiger partial charge is 0.232 e. The van der Waals surface area contributed by atoms with E-state index in [1.807, 2.05) is 37.2 Å². The van der Waals surface area contributed by atoms with Gasteiger partial charge in [0.2, 0.25) is 15.9 Å². The van der Waals surface area contributed by atoms with Gasteiger partial charge in [0.25, 0.3) is 0 Å². The van der Waals surface area contributed by atoms with Crippen molar-refractivity contribution >= 4 is 33.0 Å². The molecule has 0 fully saturated rings. The number of amides is 1. The van der Waals surface area contributed by atoms with Crippen LogP contribution in [-0.2, 0) is 14.8 Å². The summed E-state index contributed by atoms with van der Waals surface area (Å²) < 4.78 is 25.4. The average molecular weight is 386 g/mol. The van der Waals surface area contributed by atoms with Crippen molar-refractivity contribution in [1.29, 1.82) is 5.26 Å². The van der Waals surface area contributed by atoms with Crippen molar-refractivity contribution in [2.24, 2.45) is 0 Å². The van der Waals surface area contributed by atoms with Crippen LogP contribution in [0.2, 0.25) is 0 Å². The van der Waals surface area contributed by atoms with Gasteiger partial charge < -0.3 is 10.2 Å². The molecule has 2 rings (SSSR count). The van der Waals surface area contributed by atoms with Gasteiger partial charge in [-0.05, 0) is 36.4 Å². The Labute approximate surface area is 159 Å². The van der Waals surface area contributed by atoms with Gasteiger partial charge in [-0.2, -0.15) is 5.26 Å². The lowest BCUT2D eigenvalue weighted by atomic mass is 10.2. The molecule has 27 heavy (non-hydrogen) atoms. The zero-order chi connectivity index (χ0) is 20.0. The van der Waals surface area contributed by atoms with Gasteiger partial charge in [-0.15, -0.1) is 0 Å². The lowest BCUT2D eigenvalue weighted by Gasteiger charge is -2.23. The Hall–Kier alpha value is -3.05. The van der Waals surface area contributed by atoms with Crippen LogP contribution in [0.5, 0.6) is 0 Å². The summed E-state index contributed by atoms with van der Waals surface area (Å²) >= 11 is 0. The van der Waals surface area contributed by atoms with Gasteiger partial charge in [0.1, 0.15) is 6.07 Å². The van der Waals surface area contributed by atoms with Crippen LogP contribution in [0.1, 0.15) is 12.0 Å². The van der Waals surface area contributed by atoms with E-state index in [-0.39, 0.29) is 30.1 Å². The largest absolute Gasteiger partial charge is 0.378 e. The first-order chi connectivity index (χ1) is 12.7. The number of para-hydroxylation sites is 1. The molecule has 0 heterocycles. The third-order valence-electron chi connectivity index (χ3n) is 3.90. The van der Waals surface area contributed by atoms with E-state index in [0.717, 1.165) is 16.2 Å². The second-order valence-electron chi connectivity index (χ2n) is 6.20. The Morgan fingerprint density at radius 1 is 1.11 bits per heavy atom. The molecule has 0 radical (unpaired) electrons. The maximum absolute atomic E-state index is 12.2. The standard InChI is InChI=1S/C19H22N4O3S/c1-22(2)17-10-8-16(9-11-17)21-19(24)12-13-23(27(3,25)26)18-7-5-4-6-15(18)14-20/h4-11H,12-13H2,1-3H3,(H,21,24). The van der Waals surface area contributed by atoms with Gasteiger partial charge in [0.05, 0.1) is 17.5 Å². The van der Waals surface area contributed by atoms with Crippen LogP contribution in [0.3, 0.4) is 0 Å². The minimum atomic E-state index is -3.64. The quantitative estimate of drug-likeness (QED) is 0.789. The predicted octanol–water partition coefficient (Wildman–Crippen LogP) is 2.42. The number of rotatable bonds is 7. The van der Waals surface area contributed by atoms with Gasteiger partial charge in [-0.1, -0.05) is 12.1 Å². The van der Waals surface area contributed by atoms with Crippen LogP contribution in [0.15, 0.2) is 48.5 Å². The second kappa shape index (κ2) is 8.56. The number of hydrogen-bond acceptors (Lipinski definition) is 5. The summed E-state index contributed by atoms with van der Waals surface area (Å²) in [7, 11) is 0.209. The first kappa shape index (κ1) is 20.3. The van der Waals surface area contributed by atoms with Gasteiger partial charge in [0, 0.05) is 38.4 Å². The average Bonchev–Trinajstić information content (AvgIpc) is 2.61. The van der Waals surface area contributed by atoms with Gasteiger partial charge in [-0.25, -0.2) is 8.42 Å². The molecule has 2 aromatic carbocycles. The van der Waals surface area contributed by atoms with E-state index in [1.54, 1.807) is 36.4 Å². The number of carbonyl (C=O) groups is 1. The van der Waals surface area contributed by atoms with E-state index < -0.39 is 10.0 Å². The molecule has 8 heteroatoms. The summed E-state index contributed by atoms with van der Waals surface area (Å²) in [5.74, 6) is -0.310. The topological polar surface area (TPSA) is 93.5 Å². The lowest BCUT2D eigenvalue weighted by Crippen LogP contribution is -2.33. The molecule has 2 aromatic rings. The zero-order valence-corrected chi connectivity index (χ0v) is 16.3. The summed E-state index contributed by atoms with van der Waals surface area (Å²) in [5, 5.41) is 12.0. The Morgan fingerprint density at radius 3 is 2.30 bits per heavy atom. The minimum absolute atomic E-state index is 0.0394. The predicted molar refractivity (Wildman–Crippen MR) is 107 cm³/mol. The van der Waals surface area contributed by atoms with Crippen molar-refractivity contribution in [2.75, 3.05) is 41.4 Å². The molecule has 1 N–H and O–H groups in total. The Morgan fingerprint density at radius 2 is 1.74 bits per heavy atom. The molecule has 0 aliphatic carbocycles. The molecular weight excluding hydrogens is 364 g/mol. The van der Waals surface area contributed by atoms with Crippen molar-refractivity contribution in [3.05, 3.63) is 54.1 Å². The van der Waals surface area contributed by atoms with Crippen LogP contribution < -0.4 is 14.5 Å². The Kier molecular flexibility index (Phi) is 6.42. The van der Waals surface area contributed by atoms with Gasteiger partial charge in [-0.3, -0.25) is 9.10 Å².